The molecule has 5 nitrogen and oxygen atoms in total. The van der Waals surface area contributed by atoms with Gasteiger partial charge in [-0.15, -0.1) is 0 Å². The molecule has 0 atom stereocenters. The molecule has 23 heavy (non-hydrogen) atoms. The molecular formula is C17H25ClN2O3. The summed E-state index contributed by atoms with van der Waals surface area (Å²) in [6.45, 7) is 8.57. The van der Waals surface area contributed by atoms with Gasteiger partial charge in [-0.1, -0.05) is 29.8 Å². The van der Waals surface area contributed by atoms with Crippen molar-refractivity contribution in [3.05, 3.63) is 34.9 Å². The Balaban J connectivity index is 2.46. The lowest BCUT2D eigenvalue weighted by Gasteiger charge is -2.22. The van der Waals surface area contributed by atoms with Gasteiger partial charge in [-0.05, 0) is 39.3 Å². The van der Waals surface area contributed by atoms with E-state index in [1.54, 1.807) is 31.7 Å². The average molecular weight is 341 g/mol. The molecule has 1 aromatic rings. The number of carbonyl (C=O) groups is 2. The van der Waals surface area contributed by atoms with Crippen molar-refractivity contribution in [1.82, 2.24) is 10.2 Å². The van der Waals surface area contributed by atoms with Crippen molar-refractivity contribution in [3.63, 3.8) is 0 Å². The van der Waals surface area contributed by atoms with Crippen molar-refractivity contribution < 1.29 is 14.3 Å². The van der Waals surface area contributed by atoms with E-state index >= 15 is 0 Å². The lowest BCUT2D eigenvalue weighted by atomic mass is 10.2. The van der Waals surface area contributed by atoms with Gasteiger partial charge in [-0.25, -0.2) is 4.79 Å². The summed E-state index contributed by atoms with van der Waals surface area (Å²) in [7, 11) is 0. The van der Waals surface area contributed by atoms with Gasteiger partial charge in [0.05, 0.1) is 0 Å². The Morgan fingerprint density at radius 1 is 1.26 bits per heavy atom. The monoisotopic (exact) mass is 340 g/mol. The Hall–Kier alpha value is -1.75. The number of amides is 2. The highest BCUT2D eigenvalue weighted by molar-refractivity contribution is 6.31. The van der Waals surface area contributed by atoms with Crippen molar-refractivity contribution in [2.75, 3.05) is 13.1 Å². The number of alkyl carbamates (subject to hydrolysis) is 1. The highest BCUT2D eigenvalue weighted by Gasteiger charge is 2.17. The maximum Gasteiger partial charge on any atom is 0.407 e. The number of carbonyl (C=O) groups excluding carboxylic acids is 2. The van der Waals surface area contributed by atoms with Crippen LogP contribution < -0.4 is 5.32 Å². The number of ether oxygens (including phenoxy) is 1. The number of nitrogens with zero attached hydrogens (tertiary/aromatic N) is 1. The highest BCUT2D eigenvalue weighted by Crippen LogP contribution is 2.17. The lowest BCUT2D eigenvalue weighted by Crippen LogP contribution is -2.36. The molecule has 0 aromatic heterocycles. The first-order valence-corrected chi connectivity index (χ1v) is 8.08. The van der Waals surface area contributed by atoms with Crippen LogP contribution in [0.1, 0.15) is 39.7 Å². The Kier molecular flexibility index (Phi) is 7.36. The van der Waals surface area contributed by atoms with Crippen LogP contribution in [0.15, 0.2) is 24.3 Å². The van der Waals surface area contributed by atoms with Crippen molar-refractivity contribution in [3.8, 4) is 0 Å². The smallest absolute Gasteiger partial charge is 0.407 e. The van der Waals surface area contributed by atoms with E-state index in [-0.39, 0.29) is 18.9 Å². The third-order valence-corrected chi connectivity index (χ3v) is 3.43. The van der Waals surface area contributed by atoms with Crippen molar-refractivity contribution in [2.24, 2.45) is 0 Å². The van der Waals surface area contributed by atoms with Crippen LogP contribution in [0.4, 0.5) is 4.79 Å². The molecule has 0 aliphatic rings. The summed E-state index contributed by atoms with van der Waals surface area (Å²) in [4.78, 5) is 25.5. The predicted octanol–water partition coefficient (Wildman–Crippen LogP) is 3.60. The Labute approximate surface area is 142 Å². The maximum absolute atomic E-state index is 12.2. The Bertz CT molecular complexity index is 541. The number of rotatable bonds is 6. The first-order chi connectivity index (χ1) is 10.7. The predicted molar refractivity (Wildman–Crippen MR) is 91.4 cm³/mol. The van der Waals surface area contributed by atoms with Gasteiger partial charge in [0.15, 0.2) is 0 Å². The zero-order valence-corrected chi connectivity index (χ0v) is 14.9. The van der Waals surface area contributed by atoms with Crippen LogP contribution in [-0.4, -0.2) is 35.6 Å². The molecule has 0 aliphatic carbocycles. The average Bonchev–Trinajstić information content (AvgIpc) is 2.44. The first kappa shape index (κ1) is 19.3. The summed E-state index contributed by atoms with van der Waals surface area (Å²) < 4.78 is 5.13. The molecule has 1 aromatic carbocycles. The van der Waals surface area contributed by atoms with Gasteiger partial charge in [0.25, 0.3) is 0 Å². The Morgan fingerprint density at radius 2 is 1.91 bits per heavy atom. The molecule has 0 radical (unpaired) electrons. The van der Waals surface area contributed by atoms with Crippen LogP contribution >= 0.6 is 11.6 Å². The number of halogens is 1. The molecule has 0 bridgehead atoms. The van der Waals surface area contributed by atoms with Crippen LogP contribution in [0.2, 0.25) is 5.02 Å². The van der Waals surface area contributed by atoms with Crippen LogP contribution in [0.5, 0.6) is 0 Å². The molecule has 1 N–H and O–H groups in total. The van der Waals surface area contributed by atoms with E-state index in [0.717, 1.165) is 5.56 Å². The molecule has 1 rings (SSSR count). The normalized spacial score (nSPS) is 11.0. The second kappa shape index (κ2) is 8.77. The molecule has 0 saturated heterocycles. The van der Waals surface area contributed by atoms with Gasteiger partial charge in [0, 0.05) is 31.1 Å². The van der Waals surface area contributed by atoms with Gasteiger partial charge in [0.2, 0.25) is 5.91 Å². The van der Waals surface area contributed by atoms with Crippen molar-refractivity contribution >= 4 is 23.6 Å². The minimum Gasteiger partial charge on any atom is -0.444 e. The first-order valence-electron chi connectivity index (χ1n) is 7.71. The van der Waals surface area contributed by atoms with Gasteiger partial charge >= 0.3 is 6.09 Å². The number of nitrogens with one attached hydrogen (secondary N) is 1. The van der Waals surface area contributed by atoms with Crippen molar-refractivity contribution in [2.45, 2.75) is 46.3 Å². The number of benzene rings is 1. The topological polar surface area (TPSA) is 58.6 Å². The summed E-state index contributed by atoms with van der Waals surface area (Å²) in [5, 5.41) is 3.23. The molecule has 2 amide bonds. The fourth-order valence-electron chi connectivity index (χ4n) is 1.95. The molecule has 128 valence electrons. The second-order valence-corrected chi connectivity index (χ2v) is 6.59. The maximum atomic E-state index is 12.2. The molecule has 0 aliphatic heterocycles. The van der Waals surface area contributed by atoms with Crippen LogP contribution in [-0.2, 0) is 16.1 Å². The standard InChI is InChI=1S/C17H25ClN2O3/c1-5-20(12-13-8-6-7-9-14(13)18)15(21)10-11-19-16(22)23-17(2,3)4/h6-9H,5,10-12H2,1-4H3,(H,19,22). The van der Waals surface area contributed by atoms with Gasteiger partial charge < -0.3 is 15.0 Å². The summed E-state index contributed by atoms with van der Waals surface area (Å²) in [6, 6.07) is 7.45. The molecule has 6 heteroatoms. The van der Waals surface area contributed by atoms with E-state index in [9.17, 15) is 9.59 Å². The highest BCUT2D eigenvalue weighted by atomic mass is 35.5. The molecule has 0 unspecified atom stereocenters. The molecular weight excluding hydrogens is 316 g/mol. The summed E-state index contributed by atoms with van der Waals surface area (Å²) in [5.41, 5.74) is 0.359. The quantitative estimate of drug-likeness (QED) is 0.860. The molecule has 0 fully saturated rings. The van der Waals surface area contributed by atoms with E-state index in [1.165, 1.54) is 0 Å². The van der Waals surface area contributed by atoms with Crippen molar-refractivity contribution in [1.29, 1.82) is 0 Å². The zero-order chi connectivity index (χ0) is 17.5. The summed E-state index contributed by atoms with van der Waals surface area (Å²) in [5.74, 6) is -0.0384. The van der Waals surface area contributed by atoms with E-state index in [2.05, 4.69) is 5.32 Å². The van der Waals surface area contributed by atoms with E-state index in [0.29, 0.717) is 18.1 Å². The molecule has 0 spiro atoms. The van der Waals surface area contributed by atoms with Gasteiger partial charge in [-0.3, -0.25) is 4.79 Å². The third-order valence-electron chi connectivity index (χ3n) is 3.06. The van der Waals surface area contributed by atoms with E-state index < -0.39 is 11.7 Å². The SMILES string of the molecule is CCN(Cc1ccccc1Cl)C(=O)CCNC(=O)OC(C)(C)C. The summed E-state index contributed by atoms with van der Waals surface area (Å²) in [6.07, 6.45) is -0.295. The second-order valence-electron chi connectivity index (χ2n) is 6.18. The van der Waals surface area contributed by atoms with Gasteiger partial charge in [0.1, 0.15) is 5.60 Å². The van der Waals surface area contributed by atoms with E-state index in [4.69, 9.17) is 16.3 Å². The largest absolute Gasteiger partial charge is 0.444 e. The minimum absolute atomic E-state index is 0.0384. The van der Waals surface area contributed by atoms with Crippen LogP contribution in [0, 0.1) is 0 Å². The number of hydrogen-bond acceptors (Lipinski definition) is 3. The minimum atomic E-state index is -0.548. The fraction of sp³-hybridized carbons (Fsp3) is 0.529. The third kappa shape index (κ3) is 7.37. The Morgan fingerprint density at radius 3 is 2.48 bits per heavy atom. The molecule has 0 heterocycles. The van der Waals surface area contributed by atoms with Crippen LogP contribution in [0.25, 0.3) is 0 Å². The number of hydrogen-bond donors (Lipinski definition) is 1. The van der Waals surface area contributed by atoms with Gasteiger partial charge in [-0.2, -0.15) is 0 Å². The lowest BCUT2D eigenvalue weighted by molar-refractivity contribution is -0.131. The molecule has 0 saturated carbocycles. The van der Waals surface area contributed by atoms with Crippen LogP contribution in [0.3, 0.4) is 0 Å². The fourth-order valence-corrected chi connectivity index (χ4v) is 2.15. The summed E-state index contributed by atoms with van der Waals surface area (Å²) >= 11 is 6.13. The zero-order valence-electron chi connectivity index (χ0n) is 14.2. The van der Waals surface area contributed by atoms with E-state index in [1.807, 2.05) is 25.1 Å².